The van der Waals surface area contributed by atoms with Crippen molar-refractivity contribution in [3.05, 3.63) is 13.2 Å². The van der Waals surface area contributed by atoms with Crippen molar-refractivity contribution in [2.24, 2.45) is 11.8 Å². The van der Waals surface area contributed by atoms with Crippen LogP contribution in [0.5, 0.6) is 0 Å². The summed E-state index contributed by atoms with van der Waals surface area (Å²) >= 11 is 0. The first kappa shape index (κ1) is 40.5. The quantitative estimate of drug-likeness (QED) is 0.120. The van der Waals surface area contributed by atoms with Gasteiger partial charge in [0.05, 0.1) is 46.8 Å². The van der Waals surface area contributed by atoms with Crippen LogP contribution in [0.15, 0.2) is 13.2 Å². The molecule has 0 saturated heterocycles. The molecule has 2 N–H and O–H groups in total. The molecule has 0 spiro atoms. The fourth-order valence-electron chi connectivity index (χ4n) is 3.22. The van der Waals surface area contributed by atoms with Crippen LogP contribution >= 0.6 is 0 Å². The topological polar surface area (TPSA) is 61.0 Å². The second-order valence-electron chi connectivity index (χ2n) is 9.70. The van der Waals surface area contributed by atoms with Crippen LogP contribution in [0.3, 0.4) is 0 Å². The highest BCUT2D eigenvalue weighted by atomic mass is 19.1. The van der Waals surface area contributed by atoms with Crippen molar-refractivity contribution in [2.45, 2.75) is 85.7 Å². The predicted molar refractivity (Wildman–Crippen MR) is 157 cm³/mol. The van der Waals surface area contributed by atoms with Gasteiger partial charge >= 0.3 is 0 Å². The summed E-state index contributed by atoms with van der Waals surface area (Å²) in [5, 5.41) is 6.90. The summed E-state index contributed by atoms with van der Waals surface area (Å²) in [7, 11) is 0.500. The molecule has 0 heterocycles. The van der Waals surface area contributed by atoms with E-state index in [1.54, 1.807) is 6.92 Å². The highest BCUT2D eigenvalue weighted by Gasteiger charge is 2.44. The average molecular weight is 533 g/mol. The molecule has 0 atom stereocenters. The zero-order chi connectivity index (χ0) is 28.8. The second-order valence-corrected chi connectivity index (χ2v) is 9.70. The van der Waals surface area contributed by atoms with E-state index >= 15 is 0 Å². The van der Waals surface area contributed by atoms with Gasteiger partial charge in [0, 0.05) is 31.3 Å². The minimum atomic E-state index is 0.427. The molecule has 1 rings (SSSR count). The molecule has 1 aliphatic carbocycles. The standard InChI is InChI=1S/C16H33NO2.C11H21NO2.C2H4.CH3F/c1-14(2)6-5-10-18-12-13-19-11-9-17-16(7-8-16)15(3)4;1-4-5-7-13-9-10-14-8-6-12-11(2)3;2*1-2/h14-15,17H,5-13H2,1-4H3;11-12H,6-10H2,1-3H3;1-2H2;1H3. The Morgan fingerprint density at radius 3 is 1.76 bits per heavy atom. The Balaban J connectivity index is -0.000000570. The number of halogens is 1. The highest BCUT2D eigenvalue weighted by molar-refractivity contribution is 5.03. The lowest BCUT2D eigenvalue weighted by Gasteiger charge is -2.21. The van der Waals surface area contributed by atoms with Crippen LogP contribution in [0.4, 0.5) is 4.39 Å². The molecule has 0 bridgehead atoms. The molecule has 0 aromatic rings. The summed E-state index contributed by atoms with van der Waals surface area (Å²) in [5.74, 6) is 7.10. The van der Waals surface area contributed by atoms with Gasteiger partial charge in [-0.25, -0.2) is 0 Å². The summed E-state index contributed by atoms with van der Waals surface area (Å²) in [4.78, 5) is 0. The Bertz CT molecular complexity index is 504. The summed E-state index contributed by atoms with van der Waals surface area (Å²) < 4.78 is 31.1. The molecule has 222 valence electrons. The Labute approximate surface area is 229 Å². The lowest BCUT2D eigenvalue weighted by atomic mass is 10.0. The molecule has 0 aromatic carbocycles. The Kier molecular flexibility index (Phi) is 34.1. The van der Waals surface area contributed by atoms with Gasteiger partial charge in [-0.2, -0.15) is 0 Å². The van der Waals surface area contributed by atoms with Crippen LogP contribution in [0.1, 0.15) is 74.1 Å². The molecule has 0 unspecified atom stereocenters. The first-order chi connectivity index (χ1) is 17.8. The van der Waals surface area contributed by atoms with E-state index in [2.05, 4.69) is 77.2 Å². The first-order valence-electron chi connectivity index (χ1n) is 13.9. The van der Waals surface area contributed by atoms with E-state index in [1.165, 1.54) is 19.3 Å². The lowest BCUT2D eigenvalue weighted by molar-refractivity contribution is 0.0454. The minimum absolute atomic E-state index is 0.427. The third kappa shape index (κ3) is 31.1. The number of hydrogen-bond acceptors (Lipinski definition) is 6. The smallest absolute Gasteiger partial charge is 0.107 e. The van der Waals surface area contributed by atoms with E-state index < -0.39 is 0 Å². The van der Waals surface area contributed by atoms with Crippen molar-refractivity contribution in [3.63, 3.8) is 0 Å². The largest absolute Gasteiger partial charge is 0.379 e. The van der Waals surface area contributed by atoms with Gasteiger partial charge in [0.1, 0.15) is 6.61 Å². The van der Waals surface area contributed by atoms with Gasteiger partial charge in [-0.1, -0.05) is 47.5 Å². The van der Waals surface area contributed by atoms with E-state index in [0.29, 0.717) is 38.6 Å². The molecule has 6 nitrogen and oxygen atoms in total. The summed E-state index contributed by atoms with van der Waals surface area (Å²) in [5.41, 5.74) is 0.427. The Hall–Kier alpha value is -1.01. The maximum atomic E-state index is 9.50. The zero-order valence-corrected chi connectivity index (χ0v) is 25.6. The molecular weight excluding hydrogens is 471 g/mol. The fourth-order valence-corrected chi connectivity index (χ4v) is 3.22. The summed E-state index contributed by atoms with van der Waals surface area (Å²) in [6, 6.07) is 0.523. The zero-order valence-electron chi connectivity index (χ0n) is 25.6. The molecule has 1 fully saturated rings. The molecule has 0 aliphatic heterocycles. The Morgan fingerprint density at radius 1 is 0.784 bits per heavy atom. The van der Waals surface area contributed by atoms with Gasteiger partial charge in [-0.15, -0.1) is 19.1 Å². The molecule has 7 heteroatoms. The van der Waals surface area contributed by atoms with Crippen LogP contribution in [0.2, 0.25) is 0 Å². The molecule has 0 radical (unpaired) electrons. The summed E-state index contributed by atoms with van der Waals surface area (Å²) in [6.07, 6.45) is 5.06. The lowest BCUT2D eigenvalue weighted by Crippen LogP contribution is -2.38. The van der Waals surface area contributed by atoms with Gasteiger partial charge in [0.2, 0.25) is 0 Å². The average Bonchev–Trinajstić information content (AvgIpc) is 3.68. The monoisotopic (exact) mass is 532 g/mol. The van der Waals surface area contributed by atoms with Crippen molar-refractivity contribution in [1.29, 1.82) is 0 Å². The Morgan fingerprint density at radius 2 is 1.30 bits per heavy atom. The van der Waals surface area contributed by atoms with Crippen LogP contribution in [-0.4, -0.2) is 84.7 Å². The molecule has 0 amide bonds. The van der Waals surface area contributed by atoms with Gasteiger partial charge in [-0.05, 0) is 44.4 Å². The van der Waals surface area contributed by atoms with Gasteiger partial charge < -0.3 is 29.6 Å². The van der Waals surface area contributed by atoms with Crippen LogP contribution in [-0.2, 0) is 18.9 Å². The van der Waals surface area contributed by atoms with Crippen molar-refractivity contribution in [2.75, 3.05) is 73.1 Å². The van der Waals surface area contributed by atoms with E-state index in [4.69, 9.17) is 18.9 Å². The number of rotatable bonds is 20. The van der Waals surface area contributed by atoms with E-state index in [9.17, 15) is 4.39 Å². The van der Waals surface area contributed by atoms with Crippen molar-refractivity contribution in [1.82, 2.24) is 10.6 Å². The van der Waals surface area contributed by atoms with Crippen LogP contribution < -0.4 is 10.6 Å². The molecule has 1 aliphatic rings. The van der Waals surface area contributed by atoms with E-state index in [1.807, 2.05) is 0 Å². The van der Waals surface area contributed by atoms with Crippen LogP contribution in [0, 0.1) is 23.7 Å². The van der Waals surface area contributed by atoms with E-state index in [-0.39, 0.29) is 0 Å². The number of alkyl halides is 1. The summed E-state index contributed by atoms with van der Waals surface area (Å²) in [6.45, 7) is 28.6. The second kappa shape index (κ2) is 31.2. The normalized spacial score (nSPS) is 13.0. The maximum absolute atomic E-state index is 9.50. The minimum Gasteiger partial charge on any atom is -0.379 e. The molecular formula is C30H61FN2O4. The predicted octanol–water partition coefficient (Wildman–Crippen LogP) is 5.66. The third-order valence-electron chi connectivity index (χ3n) is 5.58. The number of hydrogen-bond donors (Lipinski definition) is 2. The fraction of sp³-hybridized carbons (Fsp3) is 0.867. The van der Waals surface area contributed by atoms with Gasteiger partial charge in [-0.3, -0.25) is 4.39 Å². The van der Waals surface area contributed by atoms with E-state index in [0.717, 1.165) is 64.4 Å². The van der Waals surface area contributed by atoms with Crippen molar-refractivity contribution >= 4 is 0 Å². The van der Waals surface area contributed by atoms with Gasteiger partial charge in [0.25, 0.3) is 0 Å². The third-order valence-corrected chi connectivity index (χ3v) is 5.58. The van der Waals surface area contributed by atoms with Crippen LogP contribution in [0.25, 0.3) is 0 Å². The van der Waals surface area contributed by atoms with Gasteiger partial charge in [0.15, 0.2) is 0 Å². The maximum Gasteiger partial charge on any atom is 0.107 e. The first-order valence-corrected chi connectivity index (χ1v) is 13.9. The SMILES string of the molecule is C=C.CC#CCOCCOCCNC(C)C.CC(C)CCCOCCOCCNC1(C(C)C)CC1.CF. The number of nitrogens with one attached hydrogen (secondary N) is 2. The van der Waals surface area contributed by atoms with Crippen molar-refractivity contribution in [3.8, 4) is 11.8 Å². The molecule has 0 aromatic heterocycles. The number of ether oxygens (including phenoxy) is 4. The highest BCUT2D eigenvalue weighted by Crippen LogP contribution is 2.41. The van der Waals surface area contributed by atoms with Crippen molar-refractivity contribution < 1.29 is 23.3 Å². The molecule has 37 heavy (non-hydrogen) atoms. The molecule has 1 saturated carbocycles.